The molecule has 0 bridgehead atoms. The molecule has 102 heavy (non-hydrogen) atoms. The fraction of sp³-hybridized carbons (Fsp3) is 0.904. The summed E-state index contributed by atoms with van der Waals surface area (Å²) in [5.74, 6) is -1.41. The van der Waals surface area contributed by atoms with E-state index in [2.05, 4.69) is 58.9 Å². The Labute approximate surface area is 624 Å². The maximum Gasteiger partial charge on any atom is 0.472 e. The number of esters is 4. The molecule has 0 rings (SSSR count). The summed E-state index contributed by atoms with van der Waals surface area (Å²) in [5, 5.41) is 10.6. The van der Waals surface area contributed by atoms with Crippen molar-refractivity contribution in [3.05, 3.63) is 24.3 Å². The van der Waals surface area contributed by atoms with E-state index in [1.54, 1.807) is 0 Å². The lowest BCUT2D eigenvalue weighted by molar-refractivity contribution is -0.161. The fourth-order valence-electron chi connectivity index (χ4n) is 12.4. The van der Waals surface area contributed by atoms with Crippen LogP contribution in [0.3, 0.4) is 0 Å². The van der Waals surface area contributed by atoms with E-state index in [4.69, 9.17) is 37.0 Å². The number of allylic oxidation sites excluding steroid dienone is 4. The lowest BCUT2D eigenvalue weighted by Gasteiger charge is -2.21. The molecule has 6 atom stereocenters. The molecule has 3 N–H and O–H groups in total. The van der Waals surface area contributed by atoms with Gasteiger partial charge in [0.15, 0.2) is 12.2 Å². The Morgan fingerprint density at radius 2 is 0.549 bits per heavy atom. The van der Waals surface area contributed by atoms with E-state index in [0.717, 1.165) is 121 Å². The number of phosphoric acid groups is 2. The predicted octanol–water partition coefficient (Wildman–Crippen LogP) is 24.8. The first kappa shape index (κ1) is 99.5. The molecule has 0 saturated carbocycles. The molecule has 0 aliphatic rings. The maximum absolute atomic E-state index is 13.1. The number of hydrogen-bond acceptors (Lipinski definition) is 15. The minimum atomic E-state index is -4.97. The average Bonchev–Trinajstić information content (AvgIpc) is 0.953. The lowest BCUT2D eigenvalue weighted by atomic mass is 10.00. The molecule has 0 aromatic heterocycles. The number of carbonyl (C=O) groups is 4. The summed E-state index contributed by atoms with van der Waals surface area (Å²) >= 11 is 0. The van der Waals surface area contributed by atoms with E-state index in [9.17, 15) is 43.2 Å². The average molecular weight is 1490 g/mol. The molecular formula is C83H158O17P2. The van der Waals surface area contributed by atoms with Gasteiger partial charge in [0.1, 0.15) is 19.3 Å². The van der Waals surface area contributed by atoms with E-state index in [-0.39, 0.29) is 25.7 Å². The van der Waals surface area contributed by atoms with Crippen LogP contribution >= 0.6 is 15.6 Å². The van der Waals surface area contributed by atoms with E-state index in [1.165, 1.54) is 218 Å². The Morgan fingerprint density at radius 1 is 0.314 bits per heavy atom. The second-order valence-corrected chi connectivity index (χ2v) is 32.3. The highest BCUT2D eigenvalue weighted by Gasteiger charge is 2.30. The SMILES string of the molecule is CCCCCC/C=C\C=C/CCCCCCCC(=O)OC[C@H](COP(=O)(O)OC[C@@H](O)COP(=O)(O)OC[C@@H](COC(=O)CCCCCCCCC(C)CC)OC(=O)CCCCCCCCCCCCCCCCC)OC(=O)CCCCCCCCCCCCCCCCCCCCCCCC. The molecule has 0 amide bonds. The van der Waals surface area contributed by atoms with Crippen molar-refractivity contribution in [2.75, 3.05) is 39.6 Å². The van der Waals surface area contributed by atoms with E-state index < -0.39 is 97.5 Å². The van der Waals surface area contributed by atoms with E-state index in [0.29, 0.717) is 25.7 Å². The fourth-order valence-corrected chi connectivity index (χ4v) is 13.9. The zero-order valence-electron chi connectivity index (χ0n) is 66.2. The molecule has 0 heterocycles. The second kappa shape index (κ2) is 75.4. The van der Waals surface area contributed by atoms with Crippen LogP contribution in [0, 0.1) is 5.92 Å². The highest BCUT2D eigenvalue weighted by molar-refractivity contribution is 7.47. The molecule has 19 heteroatoms. The highest BCUT2D eigenvalue weighted by atomic mass is 31.2. The number of carbonyl (C=O) groups excluding carboxylic acids is 4. The molecule has 0 spiro atoms. The summed E-state index contributed by atoms with van der Waals surface area (Å²) < 4.78 is 68.7. The number of ether oxygens (including phenoxy) is 4. The second-order valence-electron chi connectivity index (χ2n) is 29.4. The third-order valence-corrected chi connectivity index (χ3v) is 21.2. The van der Waals surface area contributed by atoms with Crippen molar-refractivity contribution in [2.24, 2.45) is 5.92 Å². The molecule has 0 aliphatic carbocycles. The van der Waals surface area contributed by atoms with Crippen molar-refractivity contribution < 1.29 is 80.2 Å². The number of rotatable bonds is 81. The highest BCUT2D eigenvalue weighted by Crippen LogP contribution is 2.45. The molecular weight excluding hydrogens is 1330 g/mol. The van der Waals surface area contributed by atoms with E-state index in [1.807, 2.05) is 0 Å². The van der Waals surface area contributed by atoms with Crippen LogP contribution in [-0.4, -0.2) is 96.7 Å². The van der Waals surface area contributed by atoms with Crippen molar-refractivity contribution in [2.45, 2.75) is 438 Å². The summed E-state index contributed by atoms with van der Waals surface area (Å²) in [6, 6.07) is 0. The van der Waals surface area contributed by atoms with Gasteiger partial charge >= 0.3 is 39.5 Å². The van der Waals surface area contributed by atoms with Gasteiger partial charge in [0.2, 0.25) is 0 Å². The number of aliphatic hydroxyl groups excluding tert-OH is 1. The Morgan fingerprint density at radius 3 is 0.833 bits per heavy atom. The quantitative estimate of drug-likeness (QED) is 0.0169. The first-order chi connectivity index (χ1) is 49.6. The van der Waals surface area contributed by atoms with Gasteiger partial charge in [0.25, 0.3) is 0 Å². The summed E-state index contributed by atoms with van der Waals surface area (Å²) in [6.45, 7) is 7.23. The van der Waals surface area contributed by atoms with Crippen molar-refractivity contribution >= 4 is 39.5 Å². The molecule has 0 aliphatic heterocycles. The van der Waals surface area contributed by atoms with Gasteiger partial charge in [0.05, 0.1) is 26.4 Å². The summed E-state index contributed by atoms with van der Waals surface area (Å²) in [7, 11) is -9.93. The minimum Gasteiger partial charge on any atom is -0.462 e. The first-order valence-corrected chi connectivity index (χ1v) is 45.5. The van der Waals surface area contributed by atoms with Crippen LogP contribution < -0.4 is 0 Å². The van der Waals surface area contributed by atoms with Crippen molar-refractivity contribution in [3.8, 4) is 0 Å². The van der Waals surface area contributed by atoms with Crippen LogP contribution in [0.1, 0.15) is 420 Å². The number of aliphatic hydroxyl groups is 1. The van der Waals surface area contributed by atoms with Crippen LogP contribution in [0.4, 0.5) is 0 Å². The molecule has 0 radical (unpaired) electrons. The van der Waals surface area contributed by atoms with Crippen LogP contribution in [0.2, 0.25) is 0 Å². The first-order valence-electron chi connectivity index (χ1n) is 42.5. The molecule has 3 unspecified atom stereocenters. The smallest absolute Gasteiger partial charge is 0.462 e. The van der Waals surface area contributed by atoms with Crippen LogP contribution in [0.15, 0.2) is 24.3 Å². The van der Waals surface area contributed by atoms with Crippen LogP contribution in [-0.2, 0) is 65.4 Å². The molecule has 0 aromatic rings. The Kier molecular flexibility index (Phi) is 73.5. The molecule has 0 aromatic carbocycles. The Balaban J connectivity index is 5.24. The van der Waals surface area contributed by atoms with Gasteiger partial charge in [-0.2, -0.15) is 0 Å². The van der Waals surface area contributed by atoms with Gasteiger partial charge in [-0.05, 0) is 57.3 Å². The van der Waals surface area contributed by atoms with Gasteiger partial charge in [-0.25, -0.2) is 9.13 Å². The van der Waals surface area contributed by atoms with Gasteiger partial charge in [-0.15, -0.1) is 0 Å². The normalized spacial score (nSPS) is 14.2. The molecule has 0 saturated heterocycles. The lowest BCUT2D eigenvalue weighted by Crippen LogP contribution is -2.30. The predicted molar refractivity (Wildman–Crippen MR) is 418 cm³/mol. The maximum atomic E-state index is 13.1. The monoisotopic (exact) mass is 1490 g/mol. The Bertz CT molecular complexity index is 2040. The van der Waals surface area contributed by atoms with Gasteiger partial charge in [0, 0.05) is 25.7 Å². The van der Waals surface area contributed by atoms with Crippen LogP contribution in [0.5, 0.6) is 0 Å². The number of hydrogen-bond donors (Lipinski definition) is 3. The molecule has 17 nitrogen and oxygen atoms in total. The summed E-state index contributed by atoms with van der Waals surface area (Å²) in [6.07, 6.45) is 70.3. The Hall–Kier alpha value is -2.46. The number of phosphoric ester groups is 2. The zero-order chi connectivity index (χ0) is 74.8. The summed E-state index contributed by atoms with van der Waals surface area (Å²) in [5.41, 5.74) is 0. The third kappa shape index (κ3) is 74.4. The van der Waals surface area contributed by atoms with Gasteiger partial charge in [-0.1, -0.05) is 367 Å². The van der Waals surface area contributed by atoms with Crippen molar-refractivity contribution in [1.29, 1.82) is 0 Å². The third-order valence-electron chi connectivity index (χ3n) is 19.3. The van der Waals surface area contributed by atoms with Gasteiger partial charge in [-0.3, -0.25) is 37.3 Å². The van der Waals surface area contributed by atoms with Crippen molar-refractivity contribution in [1.82, 2.24) is 0 Å². The zero-order valence-corrected chi connectivity index (χ0v) is 68.0. The number of unbranched alkanes of at least 4 members (excludes halogenated alkanes) is 49. The minimum absolute atomic E-state index is 0.102. The largest absolute Gasteiger partial charge is 0.472 e. The molecule has 602 valence electrons. The van der Waals surface area contributed by atoms with Gasteiger partial charge < -0.3 is 33.8 Å². The molecule has 0 fully saturated rings. The van der Waals surface area contributed by atoms with Crippen LogP contribution in [0.25, 0.3) is 0 Å². The summed E-state index contributed by atoms with van der Waals surface area (Å²) in [4.78, 5) is 73.0. The standard InChI is InChI=1S/C83H158O17P2/c1-6-10-13-16-19-22-25-28-31-32-33-34-35-36-37-40-43-46-49-52-59-64-68-82(87)99-78(72-93-80(85)66-61-56-50-47-44-41-38-29-26-23-20-17-14-11-7-2)74-97-101(89,90)95-70-77(84)71-96-102(91,92)98-75-79(73-94-81(86)67-62-57-54-53-55-60-65-76(5)9-4)100-83(88)69-63-58-51-48-45-42-39-30-27-24-21-18-15-12-8-3/h23,26,29,38,76-79,84H,6-22,24-25,27-28,30-37,39-75H2,1-5H3,(H,89,90)(H,91,92)/b26-23-,38-29-/t76?,77-,78-,79-/m1/s1. The van der Waals surface area contributed by atoms with Crippen molar-refractivity contribution in [3.63, 3.8) is 0 Å². The van der Waals surface area contributed by atoms with E-state index >= 15 is 0 Å². The topological polar surface area (TPSA) is 237 Å².